The minimum absolute atomic E-state index is 0.0974. The van der Waals surface area contributed by atoms with E-state index in [1.54, 1.807) is 0 Å². The molecule has 0 spiro atoms. The van der Waals surface area contributed by atoms with Gasteiger partial charge >= 0.3 is 0 Å². The van der Waals surface area contributed by atoms with E-state index in [-0.39, 0.29) is 12.3 Å². The lowest BCUT2D eigenvalue weighted by molar-refractivity contribution is 0.221. The number of nitrogens with one attached hydrogen (secondary N) is 2. The number of alkyl halides is 1. The van der Waals surface area contributed by atoms with E-state index in [1.165, 1.54) is 0 Å². The molecule has 90 valence electrons. The molecular formula is C9H19FN2O2S. The van der Waals surface area contributed by atoms with Crippen LogP contribution in [0.15, 0.2) is 0 Å². The van der Waals surface area contributed by atoms with Crippen LogP contribution >= 0.6 is 0 Å². The minimum Gasteiger partial charge on any atom is -0.314 e. The molecule has 0 aliphatic carbocycles. The highest BCUT2D eigenvalue weighted by Crippen LogP contribution is 2.09. The molecule has 0 bridgehead atoms. The summed E-state index contributed by atoms with van der Waals surface area (Å²) >= 11 is 0. The molecule has 1 fully saturated rings. The van der Waals surface area contributed by atoms with Gasteiger partial charge in [0.1, 0.15) is 6.17 Å². The van der Waals surface area contributed by atoms with Crippen molar-refractivity contribution in [1.82, 2.24) is 10.0 Å². The number of rotatable bonds is 5. The summed E-state index contributed by atoms with van der Waals surface area (Å²) in [6.45, 7) is 2.83. The van der Waals surface area contributed by atoms with Gasteiger partial charge in [-0.2, -0.15) is 0 Å². The van der Waals surface area contributed by atoms with Crippen molar-refractivity contribution in [3.05, 3.63) is 0 Å². The number of piperidine rings is 1. The van der Waals surface area contributed by atoms with Gasteiger partial charge in [0.05, 0.1) is 11.8 Å². The molecule has 0 aromatic rings. The van der Waals surface area contributed by atoms with Crippen LogP contribution < -0.4 is 10.0 Å². The highest BCUT2D eigenvalue weighted by molar-refractivity contribution is 7.89. The number of unbranched alkanes of at least 4 members (excludes halogenated alkanes) is 1. The number of hydrogen-bond acceptors (Lipinski definition) is 3. The molecule has 15 heavy (non-hydrogen) atoms. The van der Waals surface area contributed by atoms with E-state index in [1.807, 2.05) is 6.92 Å². The molecule has 0 saturated carbocycles. The zero-order chi connectivity index (χ0) is 11.3. The Labute approximate surface area is 90.7 Å². The van der Waals surface area contributed by atoms with Crippen molar-refractivity contribution in [3.63, 3.8) is 0 Å². The lowest BCUT2D eigenvalue weighted by Gasteiger charge is -2.27. The quantitative estimate of drug-likeness (QED) is 0.729. The maximum absolute atomic E-state index is 13.3. The van der Waals surface area contributed by atoms with E-state index in [0.29, 0.717) is 19.4 Å². The van der Waals surface area contributed by atoms with Gasteiger partial charge in [-0.1, -0.05) is 13.3 Å². The first-order valence-corrected chi connectivity index (χ1v) is 7.05. The standard InChI is InChI=1S/C9H19FN2O2S/c1-2-3-6-15(13,14)12-9-4-5-11-7-8(9)10/h8-9,11-12H,2-7H2,1H3. The van der Waals surface area contributed by atoms with Crippen LogP contribution in [0.5, 0.6) is 0 Å². The predicted molar refractivity (Wildman–Crippen MR) is 58.0 cm³/mol. The molecule has 2 unspecified atom stereocenters. The van der Waals surface area contributed by atoms with Gasteiger partial charge in [-0.05, 0) is 19.4 Å². The summed E-state index contributed by atoms with van der Waals surface area (Å²) in [5.74, 6) is 0.0974. The Balaban J connectivity index is 2.44. The number of halogens is 1. The van der Waals surface area contributed by atoms with Crippen molar-refractivity contribution in [2.45, 2.75) is 38.4 Å². The van der Waals surface area contributed by atoms with Crippen molar-refractivity contribution in [2.24, 2.45) is 0 Å². The molecule has 1 heterocycles. The largest absolute Gasteiger partial charge is 0.314 e. The van der Waals surface area contributed by atoms with Crippen LogP contribution in [0.1, 0.15) is 26.2 Å². The Kier molecular flexibility index (Phi) is 4.95. The SMILES string of the molecule is CCCCS(=O)(=O)NC1CCNCC1F. The molecule has 6 heteroatoms. The second kappa shape index (κ2) is 5.77. The van der Waals surface area contributed by atoms with Crippen molar-refractivity contribution in [1.29, 1.82) is 0 Å². The molecule has 0 aromatic carbocycles. The van der Waals surface area contributed by atoms with Crippen LogP contribution in [0, 0.1) is 0 Å². The molecule has 4 nitrogen and oxygen atoms in total. The summed E-state index contributed by atoms with van der Waals surface area (Å²) in [6.07, 6.45) is 0.853. The van der Waals surface area contributed by atoms with E-state index >= 15 is 0 Å². The van der Waals surface area contributed by atoms with E-state index in [2.05, 4.69) is 10.0 Å². The van der Waals surface area contributed by atoms with Gasteiger partial charge in [-0.3, -0.25) is 0 Å². The molecular weight excluding hydrogens is 219 g/mol. The van der Waals surface area contributed by atoms with Crippen molar-refractivity contribution in [3.8, 4) is 0 Å². The first-order valence-electron chi connectivity index (χ1n) is 5.40. The Morgan fingerprint density at radius 1 is 1.53 bits per heavy atom. The summed E-state index contributed by atoms with van der Waals surface area (Å²) in [5.41, 5.74) is 0. The summed E-state index contributed by atoms with van der Waals surface area (Å²) < 4.78 is 38.8. The van der Waals surface area contributed by atoms with Gasteiger partial charge in [0.15, 0.2) is 0 Å². The first-order chi connectivity index (χ1) is 7.05. The van der Waals surface area contributed by atoms with E-state index in [9.17, 15) is 12.8 Å². The van der Waals surface area contributed by atoms with Crippen LogP contribution in [0.2, 0.25) is 0 Å². The molecule has 1 aliphatic rings. The second-order valence-corrected chi connectivity index (χ2v) is 5.78. The Hall–Kier alpha value is -0.200. The first kappa shape index (κ1) is 12.9. The van der Waals surface area contributed by atoms with Gasteiger partial charge in [-0.25, -0.2) is 17.5 Å². The molecule has 1 aliphatic heterocycles. The summed E-state index contributed by atoms with van der Waals surface area (Å²) in [7, 11) is -3.29. The molecule has 2 atom stereocenters. The van der Waals surface area contributed by atoms with Crippen molar-refractivity contribution >= 4 is 10.0 Å². The fourth-order valence-corrected chi connectivity index (χ4v) is 3.09. The maximum atomic E-state index is 13.3. The minimum atomic E-state index is -3.29. The van der Waals surface area contributed by atoms with E-state index < -0.39 is 22.2 Å². The van der Waals surface area contributed by atoms with Crippen LogP contribution in [0.3, 0.4) is 0 Å². The second-order valence-electron chi connectivity index (χ2n) is 3.91. The topological polar surface area (TPSA) is 58.2 Å². The van der Waals surface area contributed by atoms with Gasteiger partial charge in [-0.15, -0.1) is 0 Å². The monoisotopic (exact) mass is 238 g/mol. The van der Waals surface area contributed by atoms with Gasteiger partial charge in [0.2, 0.25) is 10.0 Å². The van der Waals surface area contributed by atoms with Crippen LogP contribution in [0.25, 0.3) is 0 Å². The zero-order valence-corrected chi connectivity index (χ0v) is 9.82. The highest BCUT2D eigenvalue weighted by atomic mass is 32.2. The molecule has 0 amide bonds. The highest BCUT2D eigenvalue weighted by Gasteiger charge is 2.27. The predicted octanol–water partition coefficient (Wildman–Crippen LogP) is 0.406. The number of hydrogen-bond donors (Lipinski definition) is 2. The van der Waals surface area contributed by atoms with Gasteiger partial charge < -0.3 is 5.32 Å². The van der Waals surface area contributed by atoms with Crippen molar-refractivity contribution < 1.29 is 12.8 Å². The third-order valence-electron chi connectivity index (χ3n) is 2.51. The van der Waals surface area contributed by atoms with Crippen LogP contribution in [-0.4, -0.2) is 39.5 Å². The third-order valence-corrected chi connectivity index (χ3v) is 3.99. The zero-order valence-electron chi connectivity index (χ0n) is 9.00. The Morgan fingerprint density at radius 2 is 2.27 bits per heavy atom. The molecule has 2 N–H and O–H groups in total. The van der Waals surface area contributed by atoms with Gasteiger partial charge in [0.25, 0.3) is 0 Å². The molecule has 1 rings (SSSR count). The summed E-state index contributed by atoms with van der Waals surface area (Å²) in [4.78, 5) is 0. The lowest BCUT2D eigenvalue weighted by Crippen LogP contribution is -2.51. The summed E-state index contributed by atoms with van der Waals surface area (Å²) in [5, 5.41) is 2.88. The van der Waals surface area contributed by atoms with Crippen LogP contribution in [0.4, 0.5) is 4.39 Å². The average Bonchev–Trinajstić information content (AvgIpc) is 2.18. The normalized spacial score (nSPS) is 27.9. The average molecular weight is 238 g/mol. The van der Waals surface area contributed by atoms with E-state index in [4.69, 9.17) is 0 Å². The Morgan fingerprint density at radius 3 is 2.87 bits per heavy atom. The van der Waals surface area contributed by atoms with Gasteiger partial charge in [0, 0.05) is 6.54 Å². The van der Waals surface area contributed by atoms with Crippen LogP contribution in [-0.2, 0) is 10.0 Å². The molecule has 0 aromatic heterocycles. The lowest BCUT2D eigenvalue weighted by atomic mass is 10.1. The van der Waals surface area contributed by atoms with Crippen molar-refractivity contribution in [2.75, 3.05) is 18.8 Å². The molecule has 1 saturated heterocycles. The third kappa shape index (κ3) is 4.44. The van der Waals surface area contributed by atoms with E-state index in [0.717, 1.165) is 6.42 Å². The number of sulfonamides is 1. The fraction of sp³-hybridized carbons (Fsp3) is 1.00. The fourth-order valence-electron chi connectivity index (χ4n) is 1.58. The maximum Gasteiger partial charge on any atom is 0.211 e. The Bertz CT molecular complexity index is 282. The smallest absolute Gasteiger partial charge is 0.211 e. The summed E-state index contributed by atoms with van der Waals surface area (Å²) in [6, 6.07) is -0.548. The molecule has 0 radical (unpaired) electrons.